The van der Waals surface area contributed by atoms with Gasteiger partial charge in [-0.05, 0) is 38.7 Å². The van der Waals surface area contributed by atoms with Gasteiger partial charge in [-0.25, -0.2) is 4.98 Å². The van der Waals surface area contributed by atoms with Gasteiger partial charge < -0.3 is 9.47 Å². The first-order valence-corrected chi connectivity index (χ1v) is 8.58. The molecular formula is C20H20N4O2. The minimum atomic E-state index is -0.341. The molecule has 0 spiro atoms. The first kappa shape index (κ1) is 16.5. The van der Waals surface area contributed by atoms with Gasteiger partial charge in [0.15, 0.2) is 0 Å². The molecule has 0 fully saturated rings. The van der Waals surface area contributed by atoms with Crippen molar-refractivity contribution >= 4 is 38.5 Å². The number of benzene rings is 2. The lowest BCUT2D eigenvalue weighted by Gasteiger charge is -2.12. The van der Waals surface area contributed by atoms with E-state index in [4.69, 9.17) is 4.98 Å². The Kier molecular flexibility index (Phi) is 3.85. The van der Waals surface area contributed by atoms with Crippen molar-refractivity contribution in [1.29, 1.82) is 0 Å². The molecule has 132 valence electrons. The minimum Gasteiger partial charge on any atom is -0.324 e. The molecule has 6 nitrogen and oxygen atoms in total. The second-order valence-electron chi connectivity index (χ2n) is 6.87. The van der Waals surface area contributed by atoms with E-state index in [9.17, 15) is 10.1 Å². The number of nitro groups is 1. The molecular weight excluding hydrogens is 328 g/mol. The number of nitro benzene ring substituents is 1. The molecule has 0 bridgehead atoms. The van der Waals surface area contributed by atoms with E-state index in [2.05, 4.69) is 22.5 Å². The number of likely N-dealkylation sites (N-methyl/N-ethyl adjacent to an activating group) is 1. The number of aromatic nitrogens is 2. The molecule has 0 atom stereocenters. The summed E-state index contributed by atoms with van der Waals surface area (Å²) in [5.74, 6) is 0. The lowest BCUT2D eigenvalue weighted by Crippen LogP contribution is -2.18. The van der Waals surface area contributed by atoms with Crippen LogP contribution in [0.1, 0.15) is 5.56 Å². The van der Waals surface area contributed by atoms with Gasteiger partial charge in [0.2, 0.25) is 0 Å². The van der Waals surface area contributed by atoms with Crippen LogP contribution < -0.4 is 0 Å². The summed E-state index contributed by atoms with van der Waals surface area (Å²) in [7, 11) is 4.07. The summed E-state index contributed by atoms with van der Waals surface area (Å²) >= 11 is 0. The molecule has 0 unspecified atom stereocenters. The van der Waals surface area contributed by atoms with E-state index in [1.54, 1.807) is 12.1 Å². The van der Waals surface area contributed by atoms with Gasteiger partial charge in [-0.15, -0.1) is 0 Å². The number of non-ortho nitro benzene ring substituents is 1. The van der Waals surface area contributed by atoms with Crippen LogP contribution in [0.2, 0.25) is 0 Å². The number of pyridine rings is 1. The van der Waals surface area contributed by atoms with Gasteiger partial charge in [-0.2, -0.15) is 0 Å². The van der Waals surface area contributed by atoms with Crippen LogP contribution in [-0.2, 0) is 6.54 Å². The predicted molar refractivity (Wildman–Crippen MR) is 105 cm³/mol. The van der Waals surface area contributed by atoms with Gasteiger partial charge in [0.25, 0.3) is 5.69 Å². The average molecular weight is 348 g/mol. The van der Waals surface area contributed by atoms with Crippen molar-refractivity contribution < 1.29 is 4.92 Å². The molecule has 2 aromatic carbocycles. The van der Waals surface area contributed by atoms with Crippen molar-refractivity contribution in [3.05, 3.63) is 58.1 Å². The van der Waals surface area contributed by atoms with Crippen LogP contribution in [0.5, 0.6) is 0 Å². The number of hydrogen-bond acceptors (Lipinski definition) is 4. The lowest BCUT2D eigenvalue weighted by molar-refractivity contribution is -0.384. The van der Waals surface area contributed by atoms with Crippen LogP contribution in [-0.4, -0.2) is 40.0 Å². The van der Waals surface area contributed by atoms with Crippen molar-refractivity contribution in [3.8, 4) is 0 Å². The Labute approximate surface area is 150 Å². The number of nitrogens with zero attached hydrogens (tertiary/aromatic N) is 4. The van der Waals surface area contributed by atoms with Crippen molar-refractivity contribution in [2.75, 3.05) is 20.6 Å². The summed E-state index contributed by atoms with van der Waals surface area (Å²) in [5, 5.41) is 14.3. The van der Waals surface area contributed by atoms with Crippen molar-refractivity contribution in [1.82, 2.24) is 14.5 Å². The number of rotatable bonds is 4. The number of fused-ring (bicyclic) bond motifs is 4. The highest BCUT2D eigenvalue weighted by Gasteiger charge is 2.18. The van der Waals surface area contributed by atoms with Gasteiger partial charge >= 0.3 is 0 Å². The smallest absolute Gasteiger partial charge is 0.270 e. The molecule has 6 heteroatoms. The van der Waals surface area contributed by atoms with E-state index < -0.39 is 0 Å². The van der Waals surface area contributed by atoms with E-state index in [0.29, 0.717) is 0 Å². The van der Waals surface area contributed by atoms with Crippen LogP contribution in [0.25, 0.3) is 32.8 Å². The minimum absolute atomic E-state index is 0.108. The summed E-state index contributed by atoms with van der Waals surface area (Å²) in [4.78, 5) is 18.0. The molecule has 0 N–H and O–H groups in total. The van der Waals surface area contributed by atoms with Crippen LogP contribution in [0.4, 0.5) is 5.69 Å². The molecule has 0 saturated carbocycles. The molecule has 2 aromatic heterocycles. The standard InChI is InChI=1S/C20H20N4O2/c1-13-15-6-4-5-7-17(15)21-20-19(13)16-12-14(24(25)26)8-9-18(16)23(20)11-10-22(2)3/h4-9,12H,10-11H2,1-3H3. The Balaban J connectivity index is 2.13. The maximum Gasteiger partial charge on any atom is 0.270 e. The van der Waals surface area contributed by atoms with Gasteiger partial charge in [0, 0.05) is 41.4 Å². The first-order chi connectivity index (χ1) is 12.5. The Morgan fingerprint density at radius 2 is 1.92 bits per heavy atom. The molecule has 26 heavy (non-hydrogen) atoms. The van der Waals surface area contributed by atoms with Crippen LogP contribution in [0, 0.1) is 17.0 Å². The SMILES string of the molecule is Cc1c2ccccc2nc2c1c1cc([N+](=O)[O-])ccc1n2CCN(C)C. The molecule has 4 aromatic rings. The third-order valence-corrected chi connectivity index (χ3v) is 4.91. The fraction of sp³-hybridized carbons (Fsp3) is 0.250. The van der Waals surface area contributed by atoms with Crippen LogP contribution in [0.15, 0.2) is 42.5 Å². The fourth-order valence-corrected chi connectivity index (χ4v) is 3.59. The molecule has 0 saturated heterocycles. The monoisotopic (exact) mass is 348 g/mol. The largest absolute Gasteiger partial charge is 0.324 e. The quantitative estimate of drug-likeness (QED) is 0.411. The Hall–Kier alpha value is -2.99. The number of hydrogen-bond donors (Lipinski definition) is 0. The maximum absolute atomic E-state index is 11.3. The van der Waals surface area contributed by atoms with Crippen LogP contribution in [0.3, 0.4) is 0 Å². The van der Waals surface area contributed by atoms with Gasteiger partial charge in [-0.3, -0.25) is 10.1 Å². The van der Waals surface area contributed by atoms with Crippen molar-refractivity contribution in [2.45, 2.75) is 13.5 Å². The second-order valence-corrected chi connectivity index (χ2v) is 6.87. The molecule has 0 aliphatic carbocycles. The highest BCUT2D eigenvalue weighted by molar-refractivity contribution is 6.13. The Bertz CT molecular complexity index is 1160. The molecule has 0 aliphatic rings. The Morgan fingerprint density at radius 1 is 1.15 bits per heavy atom. The highest BCUT2D eigenvalue weighted by atomic mass is 16.6. The van der Waals surface area contributed by atoms with E-state index in [0.717, 1.165) is 51.5 Å². The molecule has 0 amide bonds. The zero-order valence-electron chi connectivity index (χ0n) is 15.1. The molecule has 0 aliphatic heterocycles. The Morgan fingerprint density at radius 3 is 2.65 bits per heavy atom. The third kappa shape index (κ3) is 2.50. The summed E-state index contributed by atoms with van der Waals surface area (Å²) in [6.45, 7) is 3.71. The number of para-hydroxylation sites is 1. The van der Waals surface area contributed by atoms with E-state index in [1.165, 1.54) is 0 Å². The van der Waals surface area contributed by atoms with E-state index in [1.807, 2.05) is 38.4 Å². The molecule has 0 radical (unpaired) electrons. The average Bonchev–Trinajstić information content (AvgIpc) is 2.93. The fourth-order valence-electron chi connectivity index (χ4n) is 3.59. The van der Waals surface area contributed by atoms with Gasteiger partial charge in [0.05, 0.1) is 16.0 Å². The second kappa shape index (κ2) is 6.07. The van der Waals surface area contributed by atoms with Gasteiger partial charge in [0.1, 0.15) is 5.65 Å². The first-order valence-electron chi connectivity index (χ1n) is 8.58. The summed E-state index contributed by atoms with van der Waals surface area (Å²) in [5.41, 5.74) is 4.04. The lowest BCUT2D eigenvalue weighted by atomic mass is 10.0. The van der Waals surface area contributed by atoms with Gasteiger partial charge in [-0.1, -0.05) is 18.2 Å². The third-order valence-electron chi connectivity index (χ3n) is 4.91. The molecule has 2 heterocycles. The van der Waals surface area contributed by atoms with Crippen molar-refractivity contribution in [2.24, 2.45) is 0 Å². The summed E-state index contributed by atoms with van der Waals surface area (Å²) in [6, 6.07) is 13.1. The predicted octanol–water partition coefficient (Wildman–Crippen LogP) is 4.12. The zero-order chi connectivity index (χ0) is 18.4. The van der Waals surface area contributed by atoms with Crippen LogP contribution >= 0.6 is 0 Å². The highest BCUT2D eigenvalue weighted by Crippen LogP contribution is 2.35. The van der Waals surface area contributed by atoms with Crippen molar-refractivity contribution in [3.63, 3.8) is 0 Å². The number of aryl methyl sites for hydroxylation is 1. The topological polar surface area (TPSA) is 64.2 Å². The summed E-state index contributed by atoms with van der Waals surface area (Å²) < 4.78 is 2.17. The van der Waals surface area contributed by atoms with E-state index in [-0.39, 0.29) is 10.6 Å². The summed E-state index contributed by atoms with van der Waals surface area (Å²) in [6.07, 6.45) is 0. The molecule has 4 rings (SSSR count). The maximum atomic E-state index is 11.3. The normalized spacial score (nSPS) is 11.8. The van der Waals surface area contributed by atoms with E-state index >= 15 is 0 Å². The zero-order valence-corrected chi connectivity index (χ0v) is 15.1.